The lowest BCUT2D eigenvalue weighted by atomic mass is 10.0. The number of nitrogens with zero attached hydrogens (tertiary/aromatic N) is 3. The molecule has 30 heavy (non-hydrogen) atoms. The Labute approximate surface area is 172 Å². The van der Waals surface area contributed by atoms with Gasteiger partial charge in [-0.3, -0.25) is 9.78 Å². The fraction of sp³-hybridized carbons (Fsp3) is 0.217. The van der Waals surface area contributed by atoms with Gasteiger partial charge in [-0.15, -0.1) is 0 Å². The van der Waals surface area contributed by atoms with Gasteiger partial charge in [0, 0.05) is 36.1 Å². The molecule has 7 heteroatoms. The average Bonchev–Trinajstić information content (AvgIpc) is 3.05. The third-order valence-electron chi connectivity index (χ3n) is 5.26. The fourth-order valence-electron chi connectivity index (χ4n) is 3.77. The first-order valence-electron chi connectivity index (χ1n) is 9.63. The molecule has 0 aliphatic carbocycles. The summed E-state index contributed by atoms with van der Waals surface area (Å²) in [7, 11) is 1.68. The van der Waals surface area contributed by atoms with E-state index in [-0.39, 0.29) is 41.2 Å². The van der Waals surface area contributed by atoms with Crippen LogP contribution < -0.4 is 4.90 Å². The van der Waals surface area contributed by atoms with Crippen molar-refractivity contribution in [3.8, 4) is 11.6 Å². The standard InChI is InChI=1S/C23H22FN3O3/c1-13(2)22(29)26(3)20-16-5-4-10-25-19(16)21(28)18-17(20)12-27(23(18)30)11-14-6-8-15(24)9-7-14/h4-10,12-13,28,30H,11H2,1-3H3. The molecule has 2 heterocycles. The first-order valence-corrected chi connectivity index (χ1v) is 9.63. The number of halogens is 1. The molecule has 2 N–H and O–H groups in total. The number of benzene rings is 2. The van der Waals surface area contributed by atoms with Gasteiger partial charge in [0.2, 0.25) is 11.8 Å². The van der Waals surface area contributed by atoms with Gasteiger partial charge in [-0.05, 0) is 29.8 Å². The van der Waals surface area contributed by atoms with Crippen molar-refractivity contribution in [2.24, 2.45) is 5.92 Å². The Hall–Kier alpha value is -3.61. The van der Waals surface area contributed by atoms with Crippen molar-refractivity contribution >= 4 is 33.3 Å². The van der Waals surface area contributed by atoms with Crippen LogP contribution in [0.5, 0.6) is 11.6 Å². The Bertz CT molecular complexity index is 1260. The second kappa shape index (κ2) is 7.33. The zero-order valence-corrected chi connectivity index (χ0v) is 16.9. The monoisotopic (exact) mass is 407 g/mol. The van der Waals surface area contributed by atoms with E-state index in [0.29, 0.717) is 22.0 Å². The normalized spacial score (nSPS) is 11.5. The summed E-state index contributed by atoms with van der Waals surface area (Å²) in [5.74, 6) is -0.971. The van der Waals surface area contributed by atoms with Crippen molar-refractivity contribution in [2.75, 3.05) is 11.9 Å². The third kappa shape index (κ3) is 3.12. The van der Waals surface area contributed by atoms with Crippen LogP contribution in [0, 0.1) is 11.7 Å². The molecule has 0 saturated heterocycles. The lowest BCUT2D eigenvalue weighted by molar-refractivity contribution is -0.121. The highest BCUT2D eigenvalue weighted by Crippen LogP contribution is 2.46. The fourth-order valence-corrected chi connectivity index (χ4v) is 3.77. The molecule has 0 bridgehead atoms. The van der Waals surface area contributed by atoms with Gasteiger partial charge >= 0.3 is 0 Å². The van der Waals surface area contributed by atoms with E-state index in [4.69, 9.17) is 0 Å². The maximum absolute atomic E-state index is 13.2. The zero-order valence-electron chi connectivity index (χ0n) is 16.9. The highest BCUT2D eigenvalue weighted by atomic mass is 19.1. The number of aromatic hydroxyl groups is 2. The molecule has 0 spiro atoms. The number of phenolic OH excluding ortho intramolecular Hbond substituents is 1. The number of hydrogen-bond acceptors (Lipinski definition) is 4. The zero-order chi connectivity index (χ0) is 21.6. The molecule has 6 nitrogen and oxygen atoms in total. The quantitative estimate of drug-likeness (QED) is 0.525. The number of aromatic nitrogens is 2. The van der Waals surface area contributed by atoms with E-state index in [9.17, 15) is 19.4 Å². The van der Waals surface area contributed by atoms with E-state index in [0.717, 1.165) is 5.56 Å². The van der Waals surface area contributed by atoms with Gasteiger partial charge in [0.1, 0.15) is 11.3 Å². The maximum Gasteiger partial charge on any atom is 0.229 e. The third-order valence-corrected chi connectivity index (χ3v) is 5.26. The Morgan fingerprint density at radius 1 is 1.17 bits per heavy atom. The van der Waals surface area contributed by atoms with E-state index in [1.165, 1.54) is 17.0 Å². The molecular weight excluding hydrogens is 385 g/mol. The molecule has 0 fully saturated rings. The Kier molecular flexibility index (Phi) is 4.81. The molecule has 0 unspecified atom stereocenters. The number of amides is 1. The minimum Gasteiger partial charge on any atom is -0.505 e. The molecule has 0 saturated carbocycles. The number of carbonyl (C=O) groups excluding carboxylic acids is 1. The highest BCUT2D eigenvalue weighted by molar-refractivity contribution is 6.19. The topological polar surface area (TPSA) is 78.6 Å². The van der Waals surface area contributed by atoms with Crippen molar-refractivity contribution in [1.82, 2.24) is 9.55 Å². The minimum atomic E-state index is -0.341. The summed E-state index contributed by atoms with van der Waals surface area (Å²) in [6.07, 6.45) is 3.24. The van der Waals surface area contributed by atoms with Gasteiger partial charge in [0.05, 0.1) is 17.6 Å². The van der Waals surface area contributed by atoms with E-state index in [1.54, 1.807) is 48.3 Å². The Morgan fingerprint density at radius 3 is 2.53 bits per heavy atom. The number of fused-ring (bicyclic) bond motifs is 2. The molecule has 154 valence electrons. The molecular formula is C23H22FN3O3. The number of anilines is 1. The summed E-state index contributed by atoms with van der Waals surface area (Å²) in [5.41, 5.74) is 1.65. The molecule has 0 aliphatic rings. The van der Waals surface area contributed by atoms with Gasteiger partial charge in [-0.1, -0.05) is 26.0 Å². The molecule has 2 aromatic heterocycles. The Balaban J connectivity index is 1.99. The summed E-state index contributed by atoms with van der Waals surface area (Å²) in [6.45, 7) is 3.90. The summed E-state index contributed by atoms with van der Waals surface area (Å²) in [6, 6.07) is 9.49. The predicted molar refractivity (Wildman–Crippen MR) is 114 cm³/mol. The summed E-state index contributed by atoms with van der Waals surface area (Å²) >= 11 is 0. The second-order valence-electron chi connectivity index (χ2n) is 7.64. The van der Waals surface area contributed by atoms with Gasteiger partial charge < -0.3 is 19.7 Å². The smallest absolute Gasteiger partial charge is 0.229 e. The van der Waals surface area contributed by atoms with E-state index in [2.05, 4.69) is 4.98 Å². The summed E-state index contributed by atoms with van der Waals surface area (Å²) < 4.78 is 14.8. The molecule has 0 aliphatic heterocycles. The lowest BCUT2D eigenvalue weighted by Gasteiger charge is -2.22. The Morgan fingerprint density at radius 2 is 1.87 bits per heavy atom. The van der Waals surface area contributed by atoms with Crippen LogP contribution >= 0.6 is 0 Å². The van der Waals surface area contributed by atoms with Gasteiger partial charge in [-0.25, -0.2) is 4.39 Å². The van der Waals surface area contributed by atoms with Crippen molar-refractivity contribution in [3.05, 3.63) is 60.2 Å². The molecule has 4 rings (SSSR count). The van der Waals surface area contributed by atoms with Crippen LogP contribution in [-0.2, 0) is 11.3 Å². The van der Waals surface area contributed by atoms with Crippen molar-refractivity contribution in [2.45, 2.75) is 20.4 Å². The van der Waals surface area contributed by atoms with E-state index < -0.39 is 0 Å². The van der Waals surface area contributed by atoms with Gasteiger partial charge in [-0.2, -0.15) is 0 Å². The highest BCUT2D eigenvalue weighted by Gasteiger charge is 2.26. The number of hydrogen-bond donors (Lipinski definition) is 2. The molecule has 0 atom stereocenters. The van der Waals surface area contributed by atoms with Crippen LogP contribution in [0.1, 0.15) is 19.4 Å². The predicted octanol–water partition coefficient (Wildman–Crippen LogP) is 4.41. The molecule has 0 radical (unpaired) electrons. The SMILES string of the molecule is CC(C)C(=O)N(C)c1c2cccnc2c(O)c2c(O)n(Cc3ccc(F)cc3)cc12. The number of pyridine rings is 1. The minimum absolute atomic E-state index is 0.0992. The first-order chi connectivity index (χ1) is 14.3. The molecule has 2 aromatic carbocycles. The van der Waals surface area contributed by atoms with Gasteiger partial charge in [0.15, 0.2) is 5.75 Å². The van der Waals surface area contributed by atoms with Crippen LogP contribution in [0.4, 0.5) is 10.1 Å². The summed E-state index contributed by atoms with van der Waals surface area (Å²) in [4.78, 5) is 18.6. The maximum atomic E-state index is 13.2. The van der Waals surface area contributed by atoms with Crippen molar-refractivity contribution in [3.63, 3.8) is 0 Å². The van der Waals surface area contributed by atoms with Crippen LogP contribution in [0.15, 0.2) is 48.8 Å². The van der Waals surface area contributed by atoms with E-state index >= 15 is 0 Å². The van der Waals surface area contributed by atoms with Gasteiger partial charge in [0.25, 0.3) is 0 Å². The molecule has 1 amide bonds. The van der Waals surface area contributed by atoms with Crippen LogP contribution in [0.25, 0.3) is 21.7 Å². The van der Waals surface area contributed by atoms with Crippen LogP contribution in [0.2, 0.25) is 0 Å². The van der Waals surface area contributed by atoms with Crippen molar-refractivity contribution < 1.29 is 19.4 Å². The van der Waals surface area contributed by atoms with Crippen molar-refractivity contribution in [1.29, 1.82) is 0 Å². The van der Waals surface area contributed by atoms with E-state index in [1.807, 2.05) is 13.8 Å². The van der Waals surface area contributed by atoms with Crippen LogP contribution in [-0.4, -0.2) is 32.7 Å². The number of carbonyl (C=O) groups is 1. The number of phenols is 1. The summed E-state index contributed by atoms with van der Waals surface area (Å²) in [5, 5.41) is 23.1. The molecule has 4 aromatic rings. The largest absolute Gasteiger partial charge is 0.505 e. The second-order valence-corrected chi connectivity index (χ2v) is 7.64. The first kappa shape index (κ1) is 19.7. The van der Waals surface area contributed by atoms with Crippen LogP contribution in [0.3, 0.4) is 0 Å². The lowest BCUT2D eigenvalue weighted by Crippen LogP contribution is -2.30. The average molecular weight is 407 g/mol. The number of rotatable bonds is 4.